The van der Waals surface area contributed by atoms with Crippen LogP contribution in [0, 0.1) is 11.7 Å². The predicted octanol–water partition coefficient (Wildman–Crippen LogP) is 2.19. The standard InChI is InChI=1S/C20H25FN2O4/c1-22-18(25)13-16(19(26)27)20(22)8-11-23(12-9-20)10-2-3-17(24)14-4-6-15(21)7-5-14/h4-7,16H,2-3,8-13H2,1H3,(H,26,27)/t16-/m0/s1. The number of benzene rings is 1. The summed E-state index contributed by atoms with van der Waals surface area (Å²) in [5.74, 6) is -2.00. The molecule has 0 radical (unpaired) electrons. The van der Waals surface area contributed by atoms with E-state index in [2.05, 4.69) is 4.90 Å². The summed E-state index contributed by atoms with van der Waals surface area (Å²) in [7, 11) is 1.71. The van der Waals surface area contributed by atoms with Gasteiger partial charge in [0.2, 0.25) is 5.91 Å². The SMILES string of the molecule is CN1C(=O)C[C@@H](C(=O)O)C12CCN(CCCC(=O)c1ccc(F)cc1)CC2. The van der Waals surface area contributed by atoms with Gasteiger partial charge in [0.25, 0.3) is 0 Å². The highest BCUT2D eigenvalue weighted by molar-refractivity contribution is 5.96. The lowest BCUT2D eigenvalue weighted by molar-refractivity contribution is -0.146. The van der Waals surface area contributed by atoms with E-state index in [1.807, 2.05) is 0 Å². The molecule has 2 aliphatic heterocycles. The van der Waals surface area contributed by atoms with Crippen molar-refractivity contribution in [3.05, 3.63) is 35.6 Å². The molecule has 27 heavy (non-hydrogen) atoms. The Morgan fingerprint density at radius 2 is 1.85 bits per heavy atom. The first-order chi connectivity index (χ1) is 12.8. The summed E-state index contributed by atoms with van der Waals surface area (Å²) in [5, 5.41) is 9.51. The highest BCUT2D eigenvalue weighted by Crippen LogP contribution is 2.42. The molecule has 0 aromatic heterocycles. The molecule has 2 saturated heterocycles. The van der Waals surface area contributed by atoms with Crippen molar-refractivity contribution in [3.63, 3.8) is 0 Å². The van der Waals surface area contributed by atoms with Crippen LogP contribution in [0.3, 0.4) is 0 Å². The first-order valence-corrected chi connectivity index (χ1v) is 9.34. The highest BCUT2D eigenvalue weighted by atomic mass is 19.1. The summed E-state index contributed by atoms with van der Waals surface area (Å²) in [4.78, 5) is 39.6. The number of halogens is 1. The number of ketones is 1. The Balaban J connectivity index is 1.49. The summed E-state index contributed by atoms with van der Waals surface area (Å²) < 4.78 is 12.9. The highest BCUT2D eigenvalue weighted by Gasteiger charge is 2.55. The van der Waals surface area contributed by atoms with E-state index >= 15 is 0 Å². The second-order valence-corrected chi connectivity index (χ2v) is 7.53. The molecule has 6 nitrogen and oxygen atoms in total. The number of aliphatic carboxylic acids is 1. The zero-order chi connectivity index (χ0) is 19.6. The minimum atomic E-state index is -0.897. The number of hydrogen-bond donors (Lipinski definition) is 1. The number of rotatable bonds is 6. The van der Waals surface area contributed by atoms with E-state index in [4.69, 9.17) is 0 Å². The van der Waals surface area contributed by atoms with E-state index in [0.29, 0.717) is 44.3 Å². The summed E-state index contributed by atoms with van der Waals surface area (Å²) in [6.45, 7) is 2.18. The van der Waals surface area contributed by atoms with Gasteiger partial charge in [-0.25, -0.2) is 4.39 Å². The van der Waals surface area contributed by atoms with Gasteiger partial charge in [-0.2, -0.15) is 0 Å². The van der Waals surface area contributed by atoms with Crippen LogP contribution < -0.4 is 0 Å². The predicted molar refractivity (Wildman–Crippen MR) is 96.9 cm³/mol. The van der Waals surface area contributed by atoms with Crippen LogP contribution in [0.4, 0.5) is 4.39 Å². The van der Waals surface area contributed by atoms with Gasteiger partial charge in [0.15, 0.2) is 5.78 Å². The first kappa shape index (κ1) is 19.5. The lowest BCUT2D eigenvalue weighted by Gasteiger charge is -2.45. The molecular weight excluding hydrogens is 351 g/mol. The Kier molecular flexibility index (Phi) is 5.60. The van der Waals surface area contributed by atoms with Crippen molar-refractivity contribution < 1.29 is 23.9 Å². The molecule has 2 fully saturated rings. The van der Waals surface area contributed by atoms with Crippen molar-refractivity contribution in [2.45, 2.75) is 37.6 Å². The van der Waals surface area contributed by atoms with Crippen molar-refractivity contribution >= 4 is 17.7 Å². The lowest BCUT2D eigenvalue weighted by atomic mass is 9.77. The molecule has 0 saturated carbocycles. The zero-order valence-corrected chi connectivity index (χ0v) is 15.5. The van der Waals surface area contributed by atoms with Gasteiger partial charge in [-0.1, -0.05) is 0 Å². The van der Waals surface area contributed by atoms with Crippen LogP contribution in [-0.2, 0) is 9.59 Å². The fraction of sp³-hybridized carbons (Fsp3) is 0.550. The number of Topliss-reactive ketones (excluding diaryl/α,β-unsaturated/α-hetero) is 1. The number of hydrogen-bond acceptors (Lipinski definition) is 4. The zero-order valence-electron chi connectivity index (χ0n) is 15.5. The molecule has 1 spiro atoms. The fourth-order valence-corrected chi connectivity index (χ4v) is 4.39. The molecule has 1 aromatic carbocycles. The maximum absolute atomic E-state index is 12.9. The van der Waals surface area contributed by atoms with Gasteiger partial charge in [0.05, 0.1) is 11.5 Å². The first-order valence-electron chi connectivity index (χ1n) is 9.34. The van der Waals surface area contributed by atoms with Gasteiger partial charge >= 0.3 is 5.97 Å². The number of carboxylic acid groups (broad SMARTS) is 1. The van der Waals surface area contributed by atoms with Crippen molar-refractivity contribution in [3.8, 4) is 0 Å². The second-order valence-electron chi connectivity index (χ2n) is 7.53. The molecule has 1 atom stereocenters. The summed E-state index contributed by atoms with van der Waals surface area (Å²) in [6, 6.07) is 5.58. The number of carbonyl (C=O) groups excluding carboxylic acids is 2. The van der Waals surface area contributed by atoms with E-state index in [1.165, 1.54) is 24.3 Å². The number of nitrogens with zero attached hydrogens (tertiary/aromatic N) is 2. The third-order valence-electron chi connectivity index (χ3n) is 6.13. The monoisotopic (exact) mass is 376 g/mol. The molecule has 3 rings (SSSR count). The van der Waals surface area contributed by atoms with E-state index in [9.17, 15) is 23.9 Å². The molecule has 146 valence electrons. The van der Waals surface area contributed by atoms with Gasteiger partial charge in [-0.05, 0) is 50.1 Å². The Morgan fingerprint density at radius 3 is 2.44 bits per heavy atom. The molecule has 7 heteroatoms. The summed E-state index contributed by atoms with van der Waals surface area (Å²) >= 11 is 0. The quantitative estimate of drug-likeness (QED) is 0.770. The Morgan fingerprint density at radius 1 is 1.22 bits per heavy atom. The maximum atomic E-state index is 12.9. The summed E-state index contributed by atoms with van der Waals surface area (Å²) in [6.07, 6.45) is 2.44. The third-order valence-corrected chi connectivity index (χ3v) is 6.13. The van der Waals surface area contributed by atoms with Crippen molar-refractivity contribution in [1.29, 1.82) is 0 Å². The van der Waals surface area contributed by atoms with E-state index < -0.39 is 17.4 Å². The molecule has 0 aliphatic carbocycles. The number of carbonyl (C=O) groups is 3. The Labute approximate surface area is 157 Å². The van der Waals surface area contributed by atoms with Crippen LogP contribution in [0.15, 0.2) is 24.3 Å². The van der Waals surface area contributed by atoms with Crippen molar-refractivity contribution in [2.75, 3.05) is 26.7 Å². The van der Waals surface area contributed by atoms with E-state index in [-0.39, 0.29) is 23.9 Å². The fourth-order valence-electron chi connectivity index (χ4n) is 4.39. The maximum Gasteiger partial charge on any atom is 0.309 e. The lowest BCUT2D eigenvalue weighted by Crippen LogP contribution is -2.56. The van der Waals surface area contributed by atoms with Crippen LogP contribution >= 0.6 is 0 Å². The Hall–Kier alpha value is -2.28. The number of likely N-dealkylation sites (tertiary alicyclic amines) is 2. The minimum absolute atomic E-state index is 0.00413. The third kappa shape index (κ3) is 3.88. The Bertz CT molecular complexity index is 726. The molecule has 1 N–H and O–H groups in total. The number of amides is 1. The average Bonchev–Trinajstić information content (AvgIpc) is 2.89. The number of carboxylic acids is 1. The van der Waals surface area contributed by atoms with Crippen LogP contribution in [0.5, 0.6) is 0 Å². The van der Waals surface area contributed by atoms with Gasteiger partial charge < -0.3 is 14.9 Å². The van der Waals surface area contributed by atoms with Gasteiger partial charge in [-0.15, -0.1) is 0 Å². The molecule has 2 heterocycles. The number of piperidine rings is 1. The summed E-state index contributed by atoms with van der Waals surface area (Å²) in [5.41, 5.74) is -0.0621. The van der Waals surface area contributed by atoms with Crippen molar-refractivity contribution in [2.24, 2.45) is 5.92 Å². The second kappa shape index (κ2) is 7.76. The molecule has 0 bridgehead atoms. The van der Waals surface area contributed by atoms with E-state index in [1.54, 1.807) is 11.9 Å². The van der Waals surface area contributed by atoms with Crippen LogP contribution in [0.25, 0.3) is 0 Å². The van der Waals surface area contributed by atoms with Crippen LogP contribution in [0.1, 0.15) is 42.5 Å². The van der Waals surface area contributed by atoms with Gasteiger partial charge in [-0.3, -0.25) is 14.4 Å². The largest absolute Gasteiger partial charge is 0.481 e. The molecular formula is C20H25FN2O4. The van der Waals surface area contributed by atoms with E-state index in [0.717, 1.165) is 6.54 Å². The normalized spacial score (nSPS) is 22.4. The molecule has 0 unspecified atom stereocenters. The smallest absolute Gasteiger partial charge is 0.309 e. The van der Waals surface area contributed by atoms with Gasteiger partial charge in [0.1, 0.15) is 5.82 Å². The topological polar surface area (TPSA) is 77.9 Å². The van der Waals surface area contributed by atoms with Crippen LogP contribution in [0.2, 0.25) is 0 Å². The molecule has 1 amide bonds. The molecule has 2 aliphatic rings. The average molecular weight is 376 g/mol. The molecule has 1 aromatic rings. The van der Waals surface area contributed by atoms with Gasteiger partial charge in [0, 0.05) is 38.5 Å². The minimum Gasteiger partial charge on any atom is -0.481 e. The van der Waals surface area contributed by atoms with Crippen molar-refractivity contribution in [1.82, 2.24) is 9.80 Å². The van der Waals surface area contributed by atoms with Crippen LogP contribution in [-0.4, -0.2) is 64.8 Å².